The van der Waals surface area contributed by atoms with E-state index in [0.29, 0.717) is 18.8 Å². The minimum absolute atomic E-state index is 0.179. The molecule has 17 heavy (non-hydrogen) atoms. The van der Waals surface area contributed by atoms with Crippen molar-refractivity contribution in [2.24, 2.45) is 5.73 Å². The molecule has 0 aliphatic rings. The molecule has 0 spiro atoms. The Balaban J connectivity index is 2.64. The Morgan fingerprint density at radius 1 is 1.24 bits per heavy atom. The molecule has 0 amide bonds. The van der Waals surface area contributed by atoms with Crippen LogP contribution in [0.3, 0.4) is 0 Å². The second-order valence-electron chi connectivity index (χ2n) is 3.93. The van der Waals surface area contributed by atoms with E-state index in [0.717, 1.165) is 25.9 Å². The summed E-state index contributed by atoms with van der Waals surface area (Å²) in [6, 6.07) is 6.85. The molecule has 0 saturated carbocycles. The van der Waals surface area contributed by atoms with Crippen molar-refractivity contribution in [3.63, 3.8) is 0 Å². The van der Waals surface area contributed by atoms with Crippen molar-refractivity contribution >= 4 is 5.69 Å². The van der Waals surface area contributed by atoms with Crippen LogP contribution in [0, 0.1) is 5.82 Å². The third kappa shape index (κ3) is 4.71. The van der Waals surface area contributed by atoms with Gasteiger partial charge in [0.1, 0.15) is 5.82 Å². The van der Waals surface area contributed by atoms with Gasteiger partial charge < -0.3 is 15.4 Å². The summed E-state index contributed by atoms with van der Waals surface area (Å²) in [5, 5.41) is 0. The van der Waals surface area contributed by atoms with E-state index in [1.165, 1.54) is 6.07 Å². The standard InChI is InChI=1S/C13H21FN2O/c1-17-11-5-10-16(9-4-8-15)13-7-3-2-6-12(13)14/h2-3,6-7H,4-5,8-11,15H2,1H3. The van der Waals surface area contributed by atoms with Crippen LogP contribution in [0.5, 0.6) is 0 Å². The number of anilines is 1. The number of hydrogen-bond acceptors (Lipinski definition) is 3. The summed E-state index contributed by atoms with van der Waals surface area (Å²) in [6.45, 7) is 2.87. The molecule has 0 fully saturated rings. The lowest BCUT2D eigenvalue weighted by Crippen LogP contribution is -2.28. The lowest BCUT2D eigenvalue weighted by molar-refractivity contribution is 0.196. The Bertz CT molecular complexity index is 320. The fraction of sp³-hybridized carbons (Fsp3) is 0.538. The fourth-order valence-electron chi connectivity index (χ4n) is 1.74. The van der Waals surface area contributed by atoms with Crippen LogP contribution >= 0.6 is 0 Å². The first-order valence-electron chi connectivity index (χ1n) is 5.98. The molecule has 0 unspecified atom stereocenters. The average molecular weight is 240 g/mol. The van der Waals surface area contributed by atoms with Gasteiger partial charge in [0.25, 0.3) is 0 Å². The largest absolute Gasteiger partial charge is 0.385 e. The van der Waals surface area contributed by atoms with E-state index >= 15 is 0 Å². The Kier molecular flexibility index (Phi) is 6.58. The van der Waals surface area contributed by atoms with E-state index in [2.05, 4.69) is 0 Å². The summed E-state index contributed by atoms with van der Waals surface area (Å²) >= 11 is 0. The van der Waals surface area contributed by atoms with Crippen molar-refractivity contribution in [1.82, 2.24) is 0 Å². The number of halogens is 1. The maximum absolute atomic E-state index is 13.7. The summed E-state index contributed by atoms with van der Waals surface area (Å²) in [7, 11) is 1.67. The first kappa shape index (κ1) is 13.9. The lowest BCUT2D eigenvalue weighted by atomic mass is 10.2. The monoisotopic (exact) mass is 240 g/mol. The number of benzene rings is 1. The predicted molar refractivity (Wildman–Crippen MR) is 68.8 cm³/mol. The van der Waals surface area contributed by atoms with Crippen LogP contribution in [0.2, 0.25) is 0 Å². The molecule has 0 heterocycles. The summed E-state index contributed by atoms with van der Waals surface area (Å²) in [5.41, 5.74) is 6.15. The van der Waals surface area contributed by atoms with E-state index in [-0.39, 0.29) is 5.82 Å². The predicted octanol–water partition coefficient (Wildman–Crippen LogP) is 2.02. The van der Waals surface area contributed by atoms with Gasteiger partial charge in [-0.05, 0) is 31.5 Å². The number of hydrogen-bond donors (Lipinski definition) is 1. The van der Waals surface area contributed by atoms with Crippen LogP contribution in [-0.2, 0) is 4.74 Å². The van der Waals surface area contributed by atoms with Gasteiger partial charge in [-0.3, -0.25) is 0 Å². The highest BCUT2D eigenvalue weighted by atomic mass is 19.1. The van der Waals surface area contributed by atoms with Gasteiger partial charge in [-0.2, -0.15) is 0 Å². The van der Waals surface area contributed by atoms with Crippen molar-refractivity contribution in [3.8, 4) is 0 Å². The number of methoxy groups -OCH3 is 1. The highest BCUT2D eigenvalue weighted by Crippen LogP contribution is 2.19. The van der Waals surface area contributed by atoms with Gasteiger partial charge >= 0.3 is 0 Å². The molecular formula is C13H21FN2O. The molecule has 2 N–H and O–H groups in total. The van der Waals surface area contributed by atoms with Crippen molar-refractivity contribution in [2.75, 3.05) is 38.3 Å². The second kappa shape index (κ2) is 8.03. The molecule has 1 aromatic rings. The van der Waals surface area contributed by atoms with Crippen LogP contribution < -0.4 is 10.6 Å². The highest BCUT2D eigenvalue weighted by molar-refractivity contribution is 5.47. The van der Waals surface area contributed by atoms with Gasteiger partial charge in [-0.1, -0.05) is 12.1 Å². The first-order chi connectivity index (χ1) is 8.29. The molecule has 96 valence electrons. The SMILES string of the molecule is COCCCN(CCCN)c1ccccc1F. The van der Waals surface area contributed by atoms with Gasteiger partial charge in [0, 0.05) is 26.8 Å². The van der Waals surface area contributed by atoms with E-state index in [4.69, 9.17) is 10.5 Å². The van der Waals surface area contributed by atoms with Crippen molar-refractivity contribution in [3.05, 3.63) is 30.1 Å². The van der Waals surface area contributed by atoms with Gasteiger partial charge in [-0.25, -0.2) is 4.39 Å². The molecule has 0 atom stereocenters. The van der Waals surface area contributed by atoms with E-state index < -0.39 is 0 Å². The minimum atomic E-state index is -0.179. The summed E-state index contributed by atoms with van der Waals surface area (Å²) in [6.07, 6.45) is 1.75. The van der Waals surface area contributed by atoms with Crippen molar-refractivity contribution in [2.45, 2.75) is 12.8 Å². The minimum Gasteiger partial charge on any atom is -0.385 e. The molecule has 0 radical (unpaired) electrons. The summed E-state index contributed by atoms with van der Waals surface area (Å²) in [4.78, 5) is 2.03. The van der Waals surface area contributed by atoms with Crippen LogP contribution in [0.25, 0.3) is 0 Å². The third-order valence-electron chi connectivity index (χ3n) is 2.60. The number of nitrogens with two attached hydrogens (primary N) is 1. The quantitative estimate of drug-likeness (QED) is 0.706. The molecule has 0 aromatic heterocycles. The van der Waals surface area contributed by atoms with Crippen LogP contribution in [0.4, 0.5) is 10.1 Å². The molecular weight excluding hydrogens is 219 g/mol. The van der Waals surface area contributed by atoms with E-state index in [1.807, 2.05) is 11.0 Å². The number of ether oxygens (including phenoxy) is 1. The molecule has 0 aliphatic heterocycles. The number of nitrogens with zero attached hydrogens (tertiary/aromatic N) is 1. The fourth-order valence-corrected chi connectivity index (χ4v) is 1.74. The number of para-hydroxylation sites is 1. The first-order valence-corrected chi connectivity index (χ1v) is 5.98. The smallest absolute Gasteiger partial charge is 0.146 e. The molecule has 1 aromatic carbocycles. The summed E-state index contributed by atoms with van der Waals surface area (Å²) in [5.74, 6) is -0.179. The Morgan fingerprint density at radius 3 is 2.59 bits per heavy atom. The normalized spacial score (nSPS) is 10.5. The Hall–Kier alpha value is -1.13. The van der Waals surface area contributed by atoms with E-state index in [9.17, 15) is 4.39 Å². The van der Waals surface area contributed by atoms with Crippen LogP contribution in [-0.4, -0.2) is 33.4 Å². The van der Waals surface area contributed by atoms with Crippen molar-refractivity contribution in [1.29, 1.82) is 0 Å². The maximum atomic E-state index is 13.7. The lowest BCUT2D eigenvalue weighted by Gasteiger charge is -2.25. The maximum Gasteiger partial charge on any atom is 0.146 e. The van der Waals surface area contributed by atoms with Gasteiger partial charge in [-0.15, -0.1) is 0 Å². The third-order valence-corrected chi connectivity index (χ3v) is 2.60. The number of rotatable bonds is 8. The Labute approximate surface area is 102 Å². The van der Waals surface area contributed by atoms with Gasteiger partial charge in [0.2, 0.25) is 0 Å². The zero-order chi connectivity index (χ0) is 12.5. The van der Waals surface area contributed by atoms with Crippen LogP contribution in [0.1, 0.15) is 12.8 Å². The average Bonchev–Trinajstić information content (AvgIpc) is 2.35. The molecule has 1 rings (SSSR count). The van der Waals surface area contributed by atoms with E-state index in [1.54, 1.807) is 19.2 Å². The molecule has 0 bridgehead atoms. The zero-order valence-electron chi connectivity index (χ0n) is 10.4. The highest BCUT2D eigenvalue weighted by Gasteiger charge is 2.09. The molecule has 4 heteroatoms. The topological polar surface area (TPSA) is 38.5 Å². The molecule has 3 nitrogen and oxygen atoms in total. The second-order valence-corrected chi connectivity index (χ2v) is 3.93. The Morgan fingerprint density at radius 2 is 1.94 bits per heavy atom. The van der Waals surface area contributed by atoms with Gasteiger partial charge in [0.15, 0.2) is 0 Å². The summed E-state index contributed by atoms with van der Waals surface area (Å²) < 4.78 is 18.7. The van der Waals surface area contributed by atoms with Crippen LogP contribution in [0.15, 0.2) is 24.3 Å². The van der Waals surface area contributed by atoms with Gasteiger partial charge in [0.05, 0.1) is 5.69 Å². The van der Waals surface area contributed by atoms with Crippen molar-refractivity contribution < 1.29 is 9.13 Å². The zero-order valence-corrected chi connectivity index (χ0v) is 10.4. The molecule has 0 saturated heterocycles. The molecule has 0 aliphatic carbocycles.